The molecule has 4 rings (SSSR count). The van der Waals surface area contributed by atoms with E-state index in [0.717, 1.165) is 34.6 Å². The molecule has 8 heteroatoms. The number of hydrogen-bond acceptors (Lipinski definition) is 6. The lowest BCUT2D eigenvalue weighted by Crippen LogP contribution is -2.59. The number of piperazine rings is 1. The molecule has 1 aliphatic heterocycles. The summed E-state index contributed by atoms with van der Waals surface area (Å²) in [7, 11) is 0. The summed E-state index contributed by atoms with van der Waals surface area (Å²) in [4.78, 5) is 35.2. The highest BCUT2D eigenvalue weighted by molar-refractivity contribution is 7.08. The molecule has 1 fully saturated rings. The molecule has 1 aliphatic rings. The third-order valence-corrected chi connectivity index (χ3v) is 6.60. The SMILES string of the molecule is CCCN1CCN(C(=O)c2snnc2CC)[C@@H](Cc2ccccc2-c2ccncc2)C1=O. The van der Waals surface area contributed by atoms with Gasteiger partial charge < -0.3 is 9.80 Å². The van der Waals surface area contributed by atoms with Gasteiger partial charge in [0.15, 0.2) is 0 Å². The normalized spacial score (nSPS) is 16.4. The maximum absolute atomic E-state index is 13.5. The minimum absolute atomic E-state index is 0.00602. The van der Waals surface area contributed by atoms with E-state index >= 15 is 0 Å². The van der Waals surface area contributed by atoms with Gasteiger partial charge in [-0.2, -0.15) is 0 Å². The number of amides is 2. The first-order chi connectivity index (χ1) is 15.6. The molecular formula is C24H27N5O2S. The van der Waals surface area contributed by atoms with Crippen LogP contribution >= 0.6 is 11.5 Å². The summed E-state index contributed by atoms with van der Waals surface area (Å²) in [5.74, 6) is -0.140. The summed E-state index contributed by atoms with van der Waals surface area (Å²) in [5.41, 5.74) is 3.82. The number of nitrogens with zero attached hydrogens (tertiary/aromatic N) is 5. The van der Waals surface area contributed by atoms with Gasteiger partial charge in [0, 0.05) is 38.4 Å². The highest BCUT2D eigenvalue weighted by Gasteiger charge is 2.39. The Labute approximate surface area is 192 Å². The van der Waals surface area contributed by atoms with Crippen molar-refractivity contribution in [1.29, 1.82) is 0 Å². The van der Waals surface area contributed by atoms with Gasteiger partial charge in [-0.05, 0) is 53.2 Å². The topological polar surface area (TPSA) is 79.3 Å². The van der Waals surface area contributed by atoms with Crippen molar-refractivity contribution >= 4 is 23.3 Å². The zero-order valence-electron chi connectivity index (χ0n) is 18.4. The molecule has 32 heavy (non-hydrogen) atoms. The predicted molar refractivity (Wildman–Crippen MR) is 124 cm³/mol. The molecule has 0 spiro atoms. The second kappa shape index (κ2) is 9.99. The van der Waals surface area contributed by atoms with E-state index < -0.39 is 6.04 Å². The summed E-state index contributed by atoms with van der Waals surface area (Å²) in [6.07, 6.45) is 5.51. The van der Waals surface area contributed by atoms with Crippen LogP contribution in [0.1, 0.15) is 41.2 Å². The van der Waals surface area contributed by atoms with Crippen LogP contribution in [0.3, 0.4) is 0 Å². The lowest BCUT2D eigenvalue weighted by atomic mass is 9.93. The standard InChI is InChI=1S/C24H27N5O2S/c1-3-13-28-14-15-29(24(31)22-20(4-2)26-27-32-22)21(23(28)30)16-18-7-5-6-8-19(18)17-9-11-25-12-10-17/h5-12,21H,3-4,13-16H2,1-2H3/t21-/m0/s1. The molecule has 1 aromatic carbocycles. The van der Waals surface area contributed by atoms with Crippen molar-refractivity contribution in [3.63, 3.8) is 0 Å². The van der Waals surface area contributed by atoms with E-state index in [-0.39, 0.29) is 11.8 Å². The van der Waals surface area contributed by atoms with Crippen molar-refractivity contribution in [2.45, 2.75) is 39.2 Å². The highest BCUT2D eigenvalue weighted by atomic mass is 32.1. The van der Waals surface area contributed by atoms with E-state index in [4.69, 9.17) is 0 Å². The maximum Gasteiger partial charge on any atom is 0.268 e. The molecule has 0 aliphatic carbocycles. The number of aryl methyl sites for hydroxylation is 1. The Hall–Kier alpha value is -3.13. The molecule has 0 saturated carbocycles. The van der Waals surface area contributed by atoms with Gasteiger partial charge in [0.1, 0.15) is 10.9 Å². The summed E-state index contributed by atoms with van der Waals surface area (Å²) in [6, 6.07) is 11.4. The third-order valence-electron chi connectivity index (χ3n) is 5.84. The number of rotatable bonds is 7. The number of benzene rings is 1. The van der Waals surface area contributed by atoms with E-state index in [1.807, 2.05) is 42.2 Å². The monoisotopic (exact) mass is 449 g/mol. The summed E-state index contributed by atoms with van der Waals surface area (Å²) >= 11 is 1.11. The largest absolute Gasteiger partial charge is 0.339 e. The fraction of sp³-hybridized carbons (Fsp3) is 0.375. The number of hydrogen-bond donors (Lipinski definition) is 0. The maximum atomic E-state index is 13.5. The van der Waals surface area contributed by atoms with Crippen molar-refractivity contribution in [1.82, 2.24) is 24.4 Å². The average molecular weight is 450 g/mol. The van der Waals surface area contributed by atoms with E-state index in [1.54, 1.807) is 17.3 Å². The van der Waals surface area contributed by atoms with Crippen LogP contribution in [-0.2, 0) is 17.6 Å². The molecule has 0 N–H and O–H groups in total. The molecule has 166 valence electrons. The van der Waals surface area contributed by atoms with E-state index in [0.29, 0.717) is 43.0 Å². The van der Waals surface area contributed by atoms with E-state index in [9.17, 15) is 9.59 Å². The van der Waals surface area contributed by atoms with Gasteiger partial charge in [0.05, 0.1) is 5.69 Å². The van der Waals surface area contributed by atoms with Crippen LogP contribution in [0.5, 0.6) is 0 Å². The smallest absolute Gasteiger partial charge is 0.268 e. The van der Waals surface area contributed by atoms with Gasteiger partial charge in [0.25, 0.3) is 5.91 Å². The fourth-order valence-electron chi connectivity index (χ4n) is 4.22. The number of carbonyl (C=O) groups is 2. The predicted octanol–water partition coefficient (Wildman–Crippen LogP) is 3.47. The van der Waals surface area contributed by atoms with Gasteiger partial charge in [0.2, 0.25) is 5.91 Å². The average Bonchev–Trinajstić information content (AvgIpc) is 3.31. The van der Waals surface area contributed by atoms with Gasteiger partial charge in [-0.1, -0.05) is 42.6 Å². The molecule has 2 aromatic heterocycles. The first kappa shape index (κ1) is 22.1. The lowest BCUT2D eigenvalue weighted by Gasteiger charge is -2.40. The Morgan fingerprint density at radius 2 is 1.91 bits per heavy atom. The highest BCUT2D eigenvalue weighted by Crippen LogP contribution is 2.28. The lowest BCUT2D eigenvalue weighted by molar-refractivity contribution is -0.140. The Morgan fingerprint density at radius 3 is 2.66 bits per heavy atom. The Morgan fingerprint density at radius 1 is 1.12 bits per heavy atom. The minimum atomic E-state index is -0.558. The fourth-order valence-corrected chi connectivity index (χ4v) is 4.93. The van der Waals surface area contributed by atoms with Crippen molar-refractivity contribution in [2.75, 3.05) is 19.6 Å². The Bertz CT molecular complexity index is 1080. The first-order valence-electron chi connectivity index (χ1n) is 11.0. The van der Waals surface area contributed by atoms with E-state index in [1.165, 1.54) is 0 Å². The molecule has 1 atom stereocenters. The van der Waals surface area contributed by atoms with Crippen molar-refractivity contribution in [3.8, 4) is 11.1 Å². The van der Waals surface area contributed by atoms with Crippen LogP contribution in [0.15, 0.2) is 48.8 Å². The molecule has 2 amide bonds. The number of pyridine rings is 1. The Balaban J connectivity index is 1.69. The molecule has 3 aromatic rings. The van der Waals surface area contributed by atoms with Gasteiger partial charge in [-0.15, -0.1) is 5.10 Å². The quantitative estimate of drug-likeness (QED) is 0.552. The Kier molecular flexibility index (Phi) is 6.90. The van der Waals surface area contributed by atoms with E-state index in [2.05, 4.69) is 27.6 Å². The summed E-state index contributed by atoms with van der Waals surface area (Å²) in [6.45, 7) is 5.78. The van der Waals surface area contributed by atoms with Crippen LogP contribution < -0.4 is 0 Å². The zero-order valence-corrected chi connectivity index (χ0v) is 19.2. The minimum Gasteiger partial charge on any atom is -0.339 e. The second-order valence-electron chi connectivity index (χ2n) is 7.84. The number of carbonyl (C=O) groups excluding carboxylic acids is 2. The molecule has 7 nitrogen and oxygen atoms in total. The van der Waals surface area contributed by atoms with Crippen LogP contribution in [0.25, 0.3) is 11.1 Å². The van der Waals surface area contributed by atoms with Gasteiger partial charge in [-0.3, -0.25) is 14.6 Å². The van der Waals surface area contributed by atoms with Crippen LogP contribution in [0.2, 0.25) is 0 Å². The van der Waals surface area contributed by atoms with Crippen molar-refractivity contribution in [3.05, 3.63) is 64.9 Å². The number of aromatic nitrogens is 3. The molecule has 3 heterocycles. The van der Waals surface area contributed by atoms with Crippen LogP contribution in [-0.4, -0.2) is 61.9 Å². The molecule has 0 bridgehead atoms. The third kappa shape index (κ3) is 4.41. The molecule has 1 saturated heterocycles. The molecule has 0 unspecified atom stereocenters. The first-order valence-corrected chi connectivity index (χ1v) is 11.8. The van der Waals surface area contributed by atoms with Crippen molar-refractivity contribution < 1.29 is 9.59 Å². The second-order valence-corrected chi connectivity index (χ2v) is 8.59. The van der Waals surface area contributed by atoms with Crippen molar-refractivity contribution in [2.24, 2.45) is 0 Å². The van der Waals surface area contributed by atoms with Crippen LogP contribution in [0, 0.1) is 0 Å². The van der Waals surface area contributed by atoms with Crippen LogP contribution in [0.4, 0.5) is 0 Å². The zero-order chi connectivity index (χ0) is 22.5. The molecular weight excluding hydrogens is 422 g/mol. The molecule has 0 radical (unpaired) electrons. The van der Waals surface area contributed by atoms with Gasteiger partial charge in [-0.25, -0.2) is 0 Å². The summed E-state index contributed by atoms with van der Waals surface area (Å²) in [5, 5.41) is 4.10. The van der Waals surface area contributed by atoms with Gasteiger partial charge >= 0.3 is 0 Å². The summed E-state index contributed by atoms with van der Waals surface area (Å²) < 4.78 is 3.98.